The zero-order valence-electron chi connectivity index (χ0n) is 16.4. The highest BCUT2D eigenvalue weighted by Crippen LogP contribution is 2.30. The van der Waals surface area contributed by atoms with E-state index in [0.29, 0.717) is 31.0 Å². The fourth-order valence-corrected chi connectivity index (χ4v) is 4.31. The number of fused-ring (bicyclic) bond motifs is 2. The predicted molar refractivity (Wildman–Crippen MR) is 107 cm³/mol. The van der Waals surface area contributed by atoms with Gasteiger partial charge >= 0.3 is 0 Å². The van der Waals surface area contributed by atoms with Crippen molar-refractivity contribution < 1.29 is 14.4 Å². The number of imide groups is 1. The summed E-state index contributed by atoms with van der Waals surface area (Å²) < 4.78 is 0. The Hall–Kier alpha value is -3.33. The number of hydrogen-bond acceptors (Lipinski definition) is 7. The number of anilines is 1. The minimum Gasteiger partial charge on any atom is -0.350 e. The molecule has 1 unspecified atom stereocenters. The lowest BCUT2D eigenvalue weighted by Gasteiger charge is -2.29. The molecule has 1 aromatic heterocycles. The summed E-state index contributed by atoms with van der Waals surface area (Å²) in [7, 11) is 0. The smallest absolute Gasteiger partial charge is 0.255 e. The first kappa shape index (κ1) is 18.7. The Labute approximate surface area is 173 Å². The molecule has 3 amide bonds. The van der Waals surface area contributed by atoms with Crippen LogP contribution in [0.2, 0.25) is 0 Å². The van der Waals surface area contributed by atoms with Crippen LogP contribution in [-0.2, 0) is 35.6 Å². The number of piperidine rings is 1. The Kier molecular flexibility index (Phi) is 4.66. The van der Waals surface area contributed by atoms with E-state index in [9.17, 15) is 14.4 Å². The van der Waals surface area contributed by atoms with Crippen LogP contribution < -0.4 is 16.0 Å². The second-order valence-electron chi connectivity index (χ2n) is 7.79. The number of rotatable bonds is 4. The molecule has 3 aliphatic heterocycles. The summed E-state index contributed by atoms with van der Waals surface area (Å²) in [6.07, 6.45) is 3.40. The van der Waals surface area contributed by atoms with Crippen LogP contribution in [0.1, 0.15) is 45.6 Å². The van der Waals surface area contributed by atoms with Gasteiger partial charge in [0.15, 0.2) is 0 Å². The molecule has 1 fully saturated rings. The Morgan fingerprint density at radius 1 is 1.20 bits per heavy atom. The molecule has 0 spiro atoms. The molecule has 0 saturated carbocycles. The number of benzene rings is 1. The monoisotopic (exact) mass is 406 g/mol. The van der Waals surface area contributed by atoms with Gasteiger partial charge in [0.2, 0.25) is 17.8 Å². The van der Waals surface area contributed by atoms with E-state index in [2.05, 4.69) is 25.9 Å². The highest BCUT2D eigenvalue weighted by atomic mass is 16.2. The molecule has 0 radical (unpaired) electrons. The van der Waals surface area contributed by atoms with Crippen molar-refractivity contribution in [3.8, 4) is 0 Å². The second kappa shape index (κ2) is 7.49. The summed E-state index contributed by atoms with van der Waals surface area (Å²) in [6.45, 7) is 2.51. The quantitative estimate of drug-likeness (QED) is 0.633. The molecular weight excluding hydrogens is 384 g/mol. The summed E-state index contributed by atoms with van der Waals surface area (Å²) in [5.41, 5.74) is 4.66. The van der Waals surface area contributed by atoms with Crippen molar-refractivity contribution in [3.63, 3.8) is 0 Å². The van der Waals surface area contributed by atoms with Crippen molar-refractivity contribution in [1.29, 1.82) is 0 Å². The molecule has 154 valence electrons. The molecule has 0 aliphatic carbocycles. The number of nitrogens with one attached hydrogen (secondary N) is 3. The molecule has 1 saturated heterocycles. The van der Waals surface area contributed by atoms with Gasteiger partial charge in [-0.15, -0.1) is 0 Å². The Morgan fingerprint density at radius 3 is 2.97 bits per heavy atom. The van der Waals surface area contributed by atoms with Gasteiger partial charge < -0.3 is 15.5 Å². The molecule has 9 heteroatoms. The van der Waals surface area contributed by atoms with E-state index in [1.807, 2.05) is 18.3 Å². The third kappa shape index (κ3) is 3.30. The first-order valence-corrected chi connectivity index (χ1v) is 10.1. The molecule has 9 nitrogen and oxygen atoms in total. The summed E-state index contributed by atoms with van der Waals surface area (Å²) in [5, 5.41) is 8.90. The molecule has 1 aromatic carbocycles. The minimum absolute atomic E-state index is 0.169. The maximum Gasteiger partial charge on any atom is 0.255 e. The summed E-state index contributed by atoms with van der Waals surface area (Å²) in [4.78, 5) is 47.2. The standard InChI is InChI=1S/C21H22N6O3/c28-18-5-4-17(19(29)26-18)27-11-15-12(2-1-3-14(15)20(27)30)8-23-21-24-9-13-6-7-22-10-16(13)25-21/h1-3,9,17,22H,4-8,10-11H2,(H,23,24,25)(H,26,28,29). The highest BCUT2D eigenvalue weighted by molar-refractivity contribution is 6.05. The van der Waals surface area contributed by atoms with Crippen LogP contribution in [0.3, 0.4) is 0 Å². The zero-order chi connectivity index (χ0) is 20.7. The first-order valence-electron chi connectivity index (χ1n) is 10.1. The number of hydrogen-bond donors (Lipinski definition) is 3. The van der Waals surface area contributed by atoms with Crippen LogP contribution in [0.25, 0.3) is 0 Å². The number of aromatic nitrogens is 2. The maximum absolute atomic E-state index is 12.9. The number of amides is 3. The third-order valence-electron chi connectivity index (χ3n) is 5.93. The van der Waals surface area contributed by atoms with Crippen molar-refractivity contribution >= 4 is 23.7 Å². The zero-order valence-corrected chi connectivity index (χ0v) is 16.4. The van der Waals surface area contributed by atoms with Crippen molar-refractivity contribution in [2.45, 2.75) is 44.9 Å². The van der Waals surface area contributed by atoms with Crippen LogP contribution in [0.4, 0.5) is 5.95 Å². The van der Waals surface area contributed by atoms with Gasteiger partial charge in [0.1, 0.15) is 6.04 Å². The molecule has 1 atom stereocenters. The number of carbonyl (C=O) groups excluding carboxylic acids is 3. The van der Waals surface area contributed by atoms with Crippen molar-refractivity contribution in [2.75, 3.05) is 11.9 Å². The molecule has 2 aromatic rings. The Balaban J connectivity index is 1.33. The van der Waals surface area contributed by atoms with Gasteiger partial charge in [0.25, 0.3) is 5.91 Å². The highest BCUT2D eigenvalue weighted by Gasteiger charge is 2.39. The summed E-state index contributed by atoms with van der Waals surface area (Å²) in [5.74, 6) is -0.299. The van der Waals surface area contributed by atoms with Crippen LogP contribution in [0.5, 0.6) is 0 Å². The molecule has 5 rings (SSSR count). The topological polar surface area (TPSA) is 116 Å². The van der Waals surface area contributed by atoms with Crippen molar-refractivity contribution in [2.24, 2.45) is 0 Å². The van der Waals surface area contributed by atoms with Gasteiger partial charge in [-0.25, -0.2) is 9.97 Å². The SMILES string of the molecule is O=C1CCC(N2Cc3c(CNc4ncc5c(n4)CNCC5)cccc3C2=O)C(=O)N1. The van der Waals surface area contributed by atoms with Gasteiger partial charge in [-0.1, -0.05) is 12.1 Å². The maximum atomic E-state index is 12.9. The molecule has 30 heavy (non-hydrogen) atoms. The average molecular weight is 406 g/mol. The second-order valence-corrected chi connectivity index (χ2v) is 7.79. The normalized spacial score (nSPS) is 20.6. The van der Waals surface area contributed by atoms with Crippen molar-refractivity contribution in [1.82, 2.24) is 25.5 Å². The van der Waals surface area contributed by atoms with E-state index in [1.54, 1.807) is 11.0 Å². The lowest BCUT2D eigenvalue weighted by molar-refractivity contribution is -0.136. The average Bonchev–Trinajstić information content (AvgIpc) is 3.09. The molecular formula is C21H22N6O3. The summed E-state index contributed by atoms with van der Waals surface area (Å²) in [6, 6.07) is 4.99. The fourth-order valence-electron chi connectivity index (χ4n) is 4.31. The van der Waals surface area contributed by atoms with Gasteiger partial charge in [0, 0.05) is 37.8 Å². The minimum atomic E-state index is -0.611. The van der Waals surface area contributed by atoms with Crippen LogP contribution in [0, 0.1) is 0 Å². The Bertz CT molecular complexity index is 1050. The van der Waals surface area contributed by atoms with Gasteiger partial charge in [-0.05, 0) is 42.1 Å². The van der Waals surface area contributed by atoms with Crippen molar-refractivity contribution in [3.05, 3.63) is 52.3 Å². The van der Waals surface area contributed by atoms with Gasteiger partial charge in [0.05, 0.1) is 5.69 Å². The largest absolute Gasteiger partial charge is 0.350 e. The fraction of sp³-hybridized carbons (Fsp3) is 0.381. The van der Waals surface area contributed by atoms with Gasteiger partial charge in [-0.3, -0.25) is 19.7 Å². The van der Waals surface area contributed by atoms with Crippen LogP contribution in [0.15, 0.2) is 24.4 Å². The van der Waals surface area contributed by atoms with E-state index in [-0.39, 0.29) is 18.2 Å². The summed E-state index contributed by atoms with van der Waals surface area (Å²) >= 11 is 0. The lowest BCUT2D eigenvalue weighted by atomic mass is 10.0. The van der Waals surface area contributed by atoms with Crippen LogP contribution in [-0.4, -0.2) is 45.2 Å². The number of carbonyl (C=O) groups is 3. The predicted octanol–water partition coefficient (Wildman–Crippen LogP) is 0.495. The van der Waals surface area contributed by atoms with E-state index in [1.165, 1.54) is 5.56 Å². The molecule has 3 N–H and O–H groups in total. The van der Waals surface area contributed by atoms with E-state index in [4.69, 9.17) is 0 Å². The molecule has 3 aliphatic rings. The number of nitrogens with zero attached hydrogens (tertiary/aromatic N) is 3. The third-order valence-corrected chi connectivity index (χ3v) is 5.93. The molecule has 0 bridgehead atoms. The van der Waals surface area contributed by atoms with Crippen LogP contribution >= 0.6 is 0 Å². The van der Waals surface area contributed by atoms with Gasteiger partial charge in [-0.2, -0.15) is 0 Å². The lowest BCUT2D eigenvalue weighted by Crippen LogP contribution is -2.52. The first-order chi connectivity index (χ1) is 14.6. The van der Waals surface area contributed by atoms with E-state index >= 15 is 0 Å². The van der Waals surface area contributed by atoms with E-state index < -0.39 is 11.9 Å². The van der Waals surface area contributed by atoms with E-state index in [0.717, 1.165) is 36.3 Å². The molecule has 4 heterocycles. The Morgan fingerprint density at radius 2 is 2.10 bits per heavy atom.